The third-order valence-corrected chi connectivity index (χ3v) is 5.23. The molecule has 1 N–H and O–H groups in total. The lowest BCUT2D eigenvalue weighted by atomic mass is 10.0. The first-order valence-corrected chi connectivity index (χ1v) is 10.8. The van der Waals surface area contributed by atoms with Crippen LogP contribution in [0.1, 0.15) is 74.9 Å². The van der Waals surface area contributed by atoms with Crippen molar-refractivity contribution in [3.05, 3.63) is 65.2 Å². The van der Waals surface area contributed by atoms with Crippen LogP contribution in [0.2, 0.25) is 0 Å². The largest absolute Gasteiger partial charge is 0.382 e. The van der Waals surface area contributed by atoms with Crippen LogP contribution < -0.4 is 5.32 Å². The maximum Gasteiger partial charge on any atom is 0.253 e. The highest BCUT2D eigenvalue weighted by Gasteiger charge is 2.12. The molecule has 0 aromatic heterocycles. The molecule has 2 aromatic carbocycles. The zero-order chi connectivity index (χ0) is 20.4. The second-order valence-electron chi connectivity index (χ2n) is 7.47. The van der Waals surface area contributed by atoms with Gasteiger partial charge in [-0.2, -0.15) is 0 Å². The average Bonchev–Trinajstić information content (AvgIpc) is 2.70. The molecule has 0 spiro atoms. The third kappa shape index (κ3) is 6.40. The molecule has 0 aliphatic heterocycles. The van der Waals surface area contributed by atoms with E-state index in [0.717, 1.165) is 25.1 Å². The Balaban J connectivity index is 2.04. The molecule has 3 nitrogen and oxygen atoms in total. The summed E-state index contributed by atoms with van der Waals surface area (Å²) in [7, 11) is 0. The van der Waals surface area contributed by atoms with Crippen LogP contribution >= 0.6 is 0 Å². The number of rotatable bonds is 11. The minimum absolute atomic E-state index is 0.112. The minimum atomic E-state index is 0.112. The smallest absolute Gasteiger partial charge is 0.253 e. The van der Waals surface area contributed by atoms with Crippen molar-refractivity contribution < 1.29 is 4.79 Å². The Hall–Kier alpha value is -2.29. The van der Waals surface area contributed by atoms with Crippen LogP contribution in [0.4, 0.5) is 5.69 Å². The number of hydrogen-bond acceptors (Lipinski definition) is 2. The van der Waals surface area contributed by atoms with Crippen LogP contribution in [0.5, 0.6) is 0 Å². The van der Waals surface area contributed by atoms with Gasteiger partial charge >= 0.3 is 0 Å². The maximum absolute atomic E-state index is 12.4. The SMILES string of the molecule is CCCC(CCC)Nc1cccc(Cc2ccc(C(=O)N(CC)CC)cc2)c1. The van der Waals surface area contributed by atoms with Gasteiger partial charge in [0.1, 0.15) is 0 Å². The summed E-state index contributed by atoms with van der Waals surface area (Å²) in [6, 6.07) is 17.3. The van der Waals surface area contributed by atoms with Gasteiger partial charge in [0.25, 0.3) is 5.91 Å². The standard InChI is InChI=1S/C25H36N2O/c1-5-10-23(11-6-2)26-24-13-9-12-21(19-24)18-20-14-16-22(17-15-20)25(28)27(7-3)8-4/h9,12-17,19,23,26H,5-8,10-11,18H2,1-4H3. The number of benzene rings is 2. The zero-order valence-electron chi connectivity index (χ0n) is 18.0. The molecule has 0 saturated heterocycles. The average molecular weight is 381 g/mol. The van der Waals surface area contributed by atoms with Crippen LogP contribution in [0, 0.1) is 0 Å². The molecule has 0 radical (unpaired) electrons. The summed E-state index contributed by atoms with van der Waals surface area (Å²) in [5.74, 6) is 0.112. The van der Waals surface area contributed by atoms with Crippen molar-refractivity contribution in [2.75, 3.05) is 18.4 Å². The fourth-order valence-corrected chi connectivity index (χ4v) is 3.69. The minimum Gasteiger partial charge on any atom is -0.382 e. The molecule has 0 unspecified atom stereocenters. The van der Waals surface area contributed by atoms with E-state index in [9.17, 15) is 4.79 Å². The van der Waals surface area contributed by atoms with E-state index in [1.165, 1.54) is 42.5 Å². The van der Waals surface area contributed by atoms with E-state index >= 15 is 0 Å². The van der Waals surface area contributed by atoms with Crippen molar-refractivity contribution in [3.63, 3.8) is 0 Å². The highest BCUT2D eigenvalue weighted by atomic mass is 16.2. The summed E-state index contributed by atoms with van der Waals surface area (Å²) in [5.41, 5.74) is 4.49. The molecule has 28 heavy (non-hydrogen) atoms. The number of carbonyl (C=O) groups is 1. The molecular weight excluding hydrogens is 344 g/mol. The quantitative estimate of drug-likeness (QED) is 0.508. The maximum atomic E-state index is 12.4. The number of nitrogens with one attached hydrogen (secondary N) is 1. The van der Waals surface area contributed by atoms with Crippen molar-refractivity contribution in [2.24, 2.45) is 0 Å². The fraction of sp³-hybridized carbons (Fsp3) is 0.480. The van der Waals surface area contributed by atoms with Crippen molar-refractivity contribution >= 4 is 11.6 Å². The second-order valence-corrected chi connectivity index (χ2v) is 7.47. The Bertz CT molecular complexity index is 714. The van der Waals surface area contributed by atoms with E-state index in [1.54, 1.807) is 0 Å². The lowest BCUT2D eigenvalue weighted by Crippen LogP contribution is -2.30. The highest BCUT2D eigenvalue weighted by Crippen LogP contribution is 2.19. The summed E-state index contributed by atoms with van der Waals surface area (Å²) < 4.78 is 0. The molecule has 2 aromatic rings. The van der Waals surface area contributed by atoms with Crippen LogP contribution in [0.25, 0.3) is 0 Å². The first-order valence-electron chi connectivity index (χ1n) is 10.8. The van der Waals surface area contributed by atoms with Gasteiger partial charge in [0.15, 0.2) is 0 Å². The van der Waals surface area contributed by atoms with Crippen molar-refractivity contribution in [3.8, 4) is 0 Å². The van der Waals surface area contributed by atoms with Gasteiger partial charge in [-0.05, 0) is 68.5 Å². The molecule has 0 aliphatic rings. The van der Waals surface area contributed by atoms with E-state index < -0.39 is 0 Å². The number of amides is 1. The van der Waals surface area contributed by atoms with Gasteiger partial charge in [-0.25, -0.2) is 0 Å². The fourth-order valence-electron chi connectivity index (χ4n) is 3.69. The molecule has 0 atom stereocenters. The Morgan fingerprint density at radius 1 is 0.893 bits per heavy atom. The van der Waals surface area contributed by atoms with Gasteiger partial charge < -0.3 is 10.2 Å². The van der Waals surface area contributed by atoms with E-state index in [-0.39, 0.29) is 5.91 Å². The summed E-state index contributed by atoms with van der Waals surface area (Å²) >= 11 is 0. The Morgan fingerprint density at radius 3 is 2.11 bits per heavy atom. The Morgan fingerprint density at radius 2 is 1.54 bits per heavy atom. The van der Waals surface area contributed by atoms with Gasteiger partial charge in [0.2, 0.25) is 0 Å². The molecule has 1 amide bonds. The normalized spacial score (nSPS) is 10.9. The molecule has 0 heterocycles. The molecule has 3 heteroatoms. The lowest BCUT2D eigenvalue weighted by molar-refractivity contribution is 0.0773. The Labute approximate surface area is 171 Å². The van der Waals surface area contributed by atoms with E-state index in [2.05, 4.69) is 55.6 Å². The number of nitrogens with zero attached hydrogens (tertiary/aromatic N) is 1. The predicted molar refractivity (Wildman–Crippen MR) is 120 cm³/mol. The predicted octanol–water partition coefficient (Wildman–Crippen LogP) is 6.14. The van der Waals surface area contributed by atoms with E-state index in [1.807, 2.05) is 30.9 Å². The monoisotopic (exact) mass is 380 g/mol. The van der Waals surface area contributed by atoms with Crippen LogP contribution in [0.15, 0.2) is 48.5 Å². The topological polar surface area (TPSA) is 32.3 Å². The van der Waals surface area contributed by atoms with Gasteiger partial charge in [-0.3, -0.25) is 4.79 Å². The van der Waals surface area contributed by atoms with E-state index in [4.69, 9.17) is 0 Å². The van der Waals surface area contributed by atoms with Crippen molar-refractivity contribution in [1.82, 2.24) is 4.90 Å². The molecule has 0 aliphatic carbocycles. The zero-order valence-corrected chi connectivity index (χ0v) is 18.0. The number of anilines is 1. The summed E-state index contributed by atoms with van der Waals surface area (Å²) in [5, 5.41) is 3.71. The third-order valence-electron chi connectivity index (χ3n) is 5.23. The van der Waals surface area contributed by atoms with Gasteiger partial charge in [-0.1, -0.05) is 51.0 Å². The van der Waals surface area contributed by atoms with Crippen LogP contribution in [-0.4, -0.2) is 29.9 Å². The van der Waals surface area contributed by atoms with Gasteiger partial charge in [0.05, 0.1) is 0 Å². The van der Waals surface area contributed by atoms with Gasteiger partial charge in [0, 0.05) is 30.4 Å². The van der Waals surface area contributed by atoms with E-state index in [0.29, 0.717) is 6.04 Å². The molecule has 0 bridgehead atoms. The first-order chi connectivity index (χ1) is 13.6. The van der Waals surface area contributed by atoms with Gasteiger partial charge in [-0.15, -0.1) is 0 Å². The summed E-state index contributed by atoms with van der Waals surface area (Å²) in [4.78, 5) is 14.3. The second kappa shape index (κ2) is 11.5. The first kappa shape index (κ1) is 22.0. The summed E-state index contributed by atoms with van der Waals surface area (Å²) in [6.45, 7) is 10.0. The molecular formula is C25H36N2O. The van der Waals surface area contributed by atoms with Crippen LogP contribution in [-0.2, 0) is 6.42 Å². The Kier molecular flexibility index (Phi) is 9.06. The van der Waals surface area contributed by atoms with Crippen LogP contribution in [0.3, 0.4) is 0 Å². The van der Waals surface area contributed by atoms with Crippen molar-refractivity contribution in [2.45, 2.75) is 65.8 Å². The number of carbonyl (C=O) groups excluding carboxylic acids is 1. The number of hydrogen-bond donors (Lipinski definition) is 1. The lowest BCUT2D eigenvalue weighted by Gasteiger charge is -2.19. The van der Waals surface area contributed by atoms with Crippen molar-refractivity contribution in [1.29, 1.82) is 0 Å². The highest BCUT2D eigenvalue weighted by molar-refractivity contribution is 5.94. The molecule has 152 valence electrons. The summed E-state index contributed by atoms with van der Waals surface area (Å²) in [6.07, 6.45) is 5.70. The molecule has 0 saturated carbocycles. The molecule has 0 fully saturated rings. The molecule has 2 rings (SSSR count).